The number of halogens is 1. The minimum atomic E-state index is 0. The maximum atomic E-state index is 5.54. The van der Waals surface area contributed by atoms with Gasteiger partial charge in [0, 0.05) is 13.2 Å². The van der Waals surface area contributed by atoms with E-state index in [0.717, 1.165) is 26.2 Å². The van der Waals surface area contributed by atoms with Gasteiger partial charge >= 0.3 is 0 Å². The Morgan fingerprint density at radius 2 is 2.30 bits per heavy atom. The molecule has 0 radical (unpaired) electrons. The topological polar surface area (TPSA) is 35.2 Å². The monoisotopic (exact) mass is 165 g/mol. The van der Waals surface area contributed by atoms with Crippen LogP contribution >= 0.6 is 12.4 Å². The van der Waals surface area contributed by atoms with Crippen molar-refractivity contribution in [3.8, 4) is 0 Å². The lowest BCUT2D eigenvalue weighted by molar-refractivity contribution is 0.0272. The van der Waals surface area contributed by atoms with Crippen molar-refractivity contribution in [2.45, 2.75) is 13.3 Å². The first-order chi connectivity index (χ1) is 4.34. The molecule has 0 amide bonds. The van der Waals surface area contributed by atoms with E-state index in [1.165, 1.54) is 0 Å². The van der Waals surface area contributed by atoms with E-state index in [-0.39, 0.29) is 12.4 Å². The number of nitrogens with two attached hydrogens (primary N) is 1. The molecule has 1 aliphatic heterocycles. The van der Waals surface area contributed by atoms with Crippen molar-refractivity contribution in [3.63, 3.8) is 0 Å². The molecule has 0 spiro atoms. The highest BCUT2D eigenvalue weighted by Gasteiger charge is 2.19. The smallest absolute Gasteiger partial charge is 0.0494 e. The fourth-order valence-corrected chi connectivity index (χ4v) is 1.27. The fraction of sp³-hybridized carbons (Fsp3) is 1.00. The summed E-state index contributed by atoms with van der Waals surface area (Å²) in [6.45, 7) is 4.84. The quantitative estimate of drug-likeness (QED) is 0.630. The molecule has 2 nitrogen and oxygen atoms in total. The van der Waals surface area contributed by atoms with Gasteiger partial charge in [-0.15, -0.1) is 12.4 Å². The highest BCUT2D eigenvalue weighted by Crippen LogP contribution is 2.19. The highest BCUT2D eigenvalue weighted by molar-refractivity contribution is 5.85. The van der Waals surface area contributed by atoms with Crippen LogP contribution in [-0.2, 0) is 4.74 Å². The Hall–Kier alpha value is 0.210. The van der Waals surface area contributed by atoms with Crippen LogP contribution in [0.15, 0.2) is 0 Å². The van der Waals surface area contributed by atoms with Crippen LogP contribution in [0.2, 0.25) is 0 Å². The SMILES string of the molecule is CC1COCCC1CN.Cl. The normalized spacial score (nSPS) is 33.0. The third-order valence-corrected chi connectivity index (χ3v) is 2.12. The lowest BCUT2D eigenvalue weighted by Gasteiger charge is -2.27. The van der Waals surface area contributed by atoms with Crippen molar-refractivity contribution in [2.75, 3.05) is 19.8 Å². The minimum absolute atomic E-state index is 0. The summed E-state index contributed by atoms with van der Waals surface area (Å²) in [6.07, 6.45) is 1.15. The molecule has 1 saturated heterocycles. The van der Waals surface area contributed by atoms with Gasteiger partial charge in [0.2, 0.25) is 0 Å². The molecule has 1 fully saturated rings. The average Bonchev–Trinajstić information content (AvgIpc) is 1.89. The molecular formula is C7H16ClNO. The van der Waals surface area contributed by atoms with Gasteiger partial charge in [0.05, 0.1) is 0 Å². The van der Waals surface area contributed by atoms with Crippen LogP contribution in [0.4, 0.5) is 0 Å². The first kappa shape index (κ1) is 10.2. The zero-order valence-electron chi connectivity index (χ0n) is 6.38. The van der Waals surface area contributed by atoms with Crippen molar-refractivity contribution in [2.24, 2.45) is 17.6 Å². The van der Waals surface area contributed by atoms with Crippen molar-refractivity contribution in [1.29, 1.82) is 0 Å². The second-order valence-corrected chi connectivity index (χ2v) is 2.84. The summed E-state index contributed by atoms with van der Waals surface area (Å²) in [7, 11) is 0. The Bertz CT molecular complexity index is 89.7. The summed E-state index contributed by atoms with van der Waals surface area (Å²) < 4.78 is 5.26. The van der Waals surface area contributed by atoms with E-state index < -0.39 is 0 Å². The molecule has 2 atom stereocenters. The maximum absolute atomic E-state index is 5.54. The number of rotatable bonds is 1. The molecule has 1 rings (SSSR count). The van der Waals surface area contributed by atoms with E-state index in [0.29, 0.717) is 11.8 Å². The summed E-state index contributed by atoms with van der Waals surface area (Å²) in [6, 6.07) is 0. The summed E-state index contributed by atoms with van der Waals surface area (Å²) >= 11 is 0. The molecular weight excluding hydrogens is 150 g/mol. The van der Waals surface area contributed by atoms with Crippen LogP contribution in [0.1, 0.15) is 13.3 Å². The Labute approximate surface area is 68.5 Å². The van der Waals surface area contributed by atoms with Gasteiger partial charge in [0.25, 0.3) is 0 Å². The molecule has 0 aromatic heterocycles. The molecule has 2 unspecified atom stereocenters. The fourth-order valence-electron chi connectivity index (χ4n) is 1.27. The van der Waals surface area contributed by atoms with Crippen molar-refractivity contribution >= 4 is 12.4 Å². The molecule has 1 heterocycles. The molecule has 3 heteroatoms. The highest BCUT2D eigenvalue weighted by atomic mass is 35.5. The predicted molar refractivity (Wildman–Crippen MR) is 44.4 cm³/mol. The van der Waals surface area contributed by atoms with Gasteiger partial charge in [-0.2, -0.15) is 0 Å². The van der Waals surface area contributed by atoms with E-state index in [1.807, 2.05) is 0 Å². The second kappa shape index (κ2) is 4.94. The van der Waals surface area contributed by atoms with E-state index in [4.69, 9.17) is 10.5 Å². The summed E-state index contributed by atoms with van der Waals surface area (Å²) in [5.74, 6) is 1.38. The summed E-state index contributed by atoms with van der Waals surface area (Å²) in [4.78, 5) is 0. The number of hydrogen-bond acceptors (Lipinski definition) is 2. The van der Waals surface area contributed by atoms with Crippen molar-refractivity contribution < 1.29 is 4.74 Å². The zero-order chi connectivity index (χ0) is 6.69. The first-order valence-corrected chi connectivity index (χ1v) is 3.62. The third kappa shape index (κ3) is 2.45. The van der Waals surface area contributed by atoms with Crippen molar-refractivity contribution in [1.82, 2.24) is 0 Å². The third-order valence-electron chi connectivity index (χ3n) is 2.12. The molecule has 2 N–H and O–H groups in total. The van der Waals surface area contributed by atoms with E-state index in [1.54, 1.807) is 0 Å². The first-order valence-electron chi connectivity index (χ1n) is 3.62. The standard InChI is InChI=1S/C7H15NO.ClH/c1-6-5-9-3-2-7(6)4-8;/h6-7H,2-5,8H2,1H3;1H. The van der Waals surface area contributed by atoms with Gasteiger partial charge in [0.15, 0.2) is 0 Å². The molecule has 1 aliphatic rings. The second-order valence-electron chi connectivity index (χ2n) is 2.84. The molecule has 0 saturated carbocycles. The molecule has 62 valence electrons. The van der Waals surface area contributed by atoms with E-state index in [9.17, 15) is 0 Å². The lowest BCUT2D eigenvalue weighted by atomic mass is 9.90. The molecule has 0 bridgehead atoms. The van der Waals surface area contributed by atoms with Crippen LogP contribution < -0.4 is 5.73 Å². The average molecular weight is 166 g/mol. The van der Waals surface area contributed by atoms with Gasteiger partial charge in [0.1, 0.15) is 0 Å². The molecule has 0 aromatic rings. The van der Waals surface area contributed by atoms with E-state index >= 15 is 0 Å². The molecule has 0 aliphatic carbocycles. The van der Waals surface area contributed by atoms with Crippen LogP contribution in [-0.4, -0.2) is 19.8 Å². The van der Waals surface area contributed by atoms with Crippen LogP contribution in [0, 0.1) is 11.8 Å². The summed E-state index contributed by atoms with van der Waals surface area (Å²) in [5, 5.41) is 0. The van der Waals surface area contributed by atoms with Crippen molar-refractivity contribution in [3.05, 3.63) is 0 Å². The minimum Gasteiger partial charge on any atom is -0.381 e. The Kier molecular flexibility index (Phi) is 5.04. The largest absolute Gasteiger partial charge is 0.381 e. The Morgan fingerprint density at radius 1 is 1.60 bits per heavy atom. The lowest BCUT2D eigenvalue weighted by Crippen LogP contribution is -2.30. The van der Waals surface area contributed by atoms with Crippen LogP contribution in [0.5, 0.6) is 0 Å². The van der Waals surface area contributed by atoms with Crippen LogP contribution in [0.3, 0.4) is 0 Å². The van der Waals surface area contributed by atoms with Gasteiger partial charge < -0.3 is 10.5 Å². The molecule has 0 aromatic carbocycles. The zero-order valence-corrected chi connectivity index (χ0v) is 7.19. The molecule has 10 heavy (non-hydrogen) atoms. The Morgan fingerprint density at radius 3 is 2.70 bits per heavy atom. The van der Waals surface area contributed by atoms with Crippen LogP contribution in [0.25, 0.3) is 0 Å². The number of ether oxygens (including phenoxy) is 1. The predicted octanol–water partition coefficient (Wildman–Crippen LogP) is 1.04. The van der Waals surface area contributed by atoms with Gasteiger partial charge in [-0.3, -0.25) is 0 Å². The van der Waals surface area contributed by atoms with E-state index in [2.05, 4.69) is 6.92 Å². The van der Waals surface area contributed by atoms with Gasteiger partial charge in [-0.1, -0.05) is 6.92 Å². The Balaban J connectivity index is 0.000000810. The van der Waals surface area contributed by atoms with Gasteiger partial charge in [-0.05, 0) is 24.8 Å². The summed E-state index contributed by atoms with van der Waals surface area (Å²) in [5.41, 5.74) is 5.54. The van der Waals surface area contributed by atoms with Gasteiger partial charge in [-0.25, -0.2) is 0 Å². The maximum Gasteiger partial charge on any atom is 0.0494 e. The number of hydrogen-bond donors (Lipinski definition) is 1.